The van der Waals surface area contributed by atoms with Crippen LogP contribution in [0.5, 0.6) is 5.75 Å². The maximum Gasteiger partial charge on any atom is 0.271 e. The molecule has 2 heterocycles. The molecule has 0 aliphatic carbocycles. The average molecular weight is 428 g/mol. The molecule has 2 aliphatic rings. The number of piperazine rings is 1. The van der Waals surface area contributed by atoms with E-state index in [1.54, 1.807) is 49.1 Å². The quantitative estimate of drug-likeness (QED) is 0.753. The molecule has 0 saturated carbocycles. The van der Waals surface area contributed by atoms with Gasteiger partial charge in [0.15, 0.2) is 5.60 Å². The molecule has 4 rings (SSSR count). The van der Waals surface area contributed by atoms with E-state index in [-0.39, 0.29) is 11.8 Å². The van der Waals surface area contributed by atoms with Gasteiger partial charge in [-0.1, -0.05) is 23.7 Å². The van der Waals surface area contributed by atoms with Crippen molar-refractivity contribution in [3.8, 4) is 5.75 Å². The highest BCUT2D eigenvalue weighted by molar-refractivity contribution is 6.30. The SMILES string of the molecule is CN1CCN(C(=O)c2ccc3c(c2)N(Cc2ccc(Cl)cc2)C(=O)C(C)(C)O3)CC1. The number of halogens is 1. The monoisotopic (exact) mass is 427 g/mol. The van der Waals surface area contributed by atoms with Crippen LogP contribution >= 0.6 is 11.6 Å². The van der Waals surface area contributed by atoms with Gasteiger partial charge in [-0.3, -0.25) is 9.59 Å². The Labute approximate surface area is 182 Å². The van der Waals surface area contributed by atoms with E-state index < -0.39 is 5.60 Å². The van der Waals surface area contributed by atoms with Crippen LogP contribution in [0.25, 0.3) is 0 Å². The summed E-state index contributed by atoms with van der Waals surface area (Å²) in [5, 5.41) is 0.646. The molecule has 1 saturated heterocycles. The summed E-state index contributed by atoms with van der Waals surface area (Å²) in [6, 6.07) is 12.8. The van der Waals surface area contributed by atoms with E-state index >= 15 is 0 Å². The smallest absolute Gasteiger partial charge is 0.271 e. The summed E-state index contributed by atoms with van der Waals surface area (Å²) in [7, 11) is 2.06. The Hall–Kier alpha value is -2.57. The van der Waals surface area contributed by atoms with Crippen molar-refractivity contribution in [1.82, 2.24) is 9.80 Å². The van der Waals surface area contributed by atoms with Crippen LogP contribution in [0.1, 0.15) is 29.8 Å². The highest BCUT2D eigenvalue weighted by Gasteiger charge is 2.41. The molecule has 1 fully saturated rings. The Kier molecular flexibility index (Phi) is 5.47. The van der Waals surface area contributed by atoms with Crippen molar-refractivity contribution in [3.05, 3.63) is 58.6 Å². The minimum absolute atomic E-state index is 0.0189. The molecule has 0 spiro atoms. The van der Waals surface area contributed by atoms with Crippen LogP contribution < -0.4 is 9.64 Å². The van der Waals surface area contributed by atoms with Gasteiger partial charge >= 0.3 is 0 Å². The fraction of sp³-hybridized carbons (Fsp3) is 0.391. The van der Waals surface area contributed by atoms with Crippen molar-refractivity contribution in [3.63, 3.8) is 0 Å². The molecule has 6 nitrogen and oxygen atoms in total. The second-order valence-corrected chi connectivity index (χ2v) is 8.84. The van der Waals surface area contributed by atoms with E-state index in [2.05, 4.69) is 11.9 Å². The fourth-order valence-corrected chi connectivity index (χ4v) is 3.95. The van der Waals surface area contributed by atoms with Crippen LogP contribution in [0.15, 0.2) is 42.5 Å². The molecule has 158 valence electrons. The number of hydrogen-bond acceptors (Lipinski definition) is 4. The van der Waals surface area contributed by atoms with Crippen molar-refractivity contribution in [1.29, 1.82) is 0 Å². The average Bonchev–Trinajstić information content (AvgIpc) is 2.72. The molecule has 2 aromatic carbocycles. The van der Waals surface area contributed by atoms with Gasteiger partial charge in [0.05, 0.1) is 12.2 Å². The summed E-state index contributed by atoms with van der Waals surface area (Å²) in [4.78, 5) is 32.0. The number of ether oxygens (including phenoxy) is 1. The standard InChI is InChI=1S/C23H26ClN3O3/c1-23(2)22(29)27(15-16-4-7-18(24)8-5-16)19-14-17(6-9-20(19)30-23)21(28)26-12-10-25(3)11-13-26/h4-9,14H,10-13,15H2,1-3H3. The van der Waals surface area contributed by atoms with Crippen LogP contribution in [0, 0.1) is 0 Å². The second kappa shape index (κ2) is 7.93. The van der Waals surface area contributed by atoms with Crippen molar-refractivity contribution in [2.24, 2.45) is 0 Å². The molecule has 0 unspecified atom stereocenters. The number of amides is 2. The van der Waals surface area contributed by atoms with E-state index in [0.717, 1.165) is 18.7 Å². The van der Waals surface area contributed by atoms with Gasteiger partial charge in [0.2, 0.25) is 0 Å². The number of nitrogens with zero attached hydrogens (tertiary/aromatic N) is 3. The zero-order chi connectivity index (χ0) is 21.5. The summed E-state index contributed by atoms with van der Waals surface area (Å²) in [6.07, 6.45) is 0. The topological polar surface area (TPSA) is 53.1 Å². The van der Waals surface area contributed by atoms with Gasteiger partial charge in [-0.2, -0.15) is 0 Å². The number of carbonyl (C=O) groups is 2. The number of rotatable bonds is 3. The third kappa shape index (κ3) is 4.02. The van der Waals surface area contributed by atoms with E-state index in [9.17, 15) is 9.59 Å². The molecule has 0 radical (unpaired) electrons. The minimum Gasteiger partial charge on any atom is -0.476 e. The zero-order valence-electron chi connectivity index (χ0n) is 17.5. The summed E-state index contributed by atoms with van der Waals surface area (Å²) in [6.45, 7) is 7.01. The Morgan fingerprint density at radius 3 is 2.40 bits per heavy atom. The van der Waals surface area contributed by atoms with Gasteiger partial charge in [0.1, 0.15) is 5.75 Å². The van der Waals surface area contributed by atoms with Crippen molar-refractivity contribution in [2.75, 3.05) is 38.1 Å². The summed E-state index contributed by atoms with van der Waals surface area (Å²) in [5.74, 6) is 0.437. The van der Waals surface area contributed by atoms with Crippen LogP contribution in [-0.2, 0) is 11.3 Å². The van der Waals surface area contributed by atoms with Gasteiger partial charge in [-0.05, 0) is 56.8 Å². The molecule has 30 heavy (non-hydrogen) atoms. The van der Waals surface area contributed by atoms with Gasteiger partial charge in [-0.15, -0.1) is 0 Å². The van der Waals surface area contributed by atoms with E-state index in [0.29, 0.717) is 41.7 Å². The highest BCUT2D eigenvalue weighted by Crippen LogP contribution is 2.39. The van der Waals surface area contributed by atoms with Crippen LogP contribution in [0.2, 0.25) is 5.02 Å². The summed E-state index contributed by atoms with van der Waals surface area (Å²) >= 11 is 6.00. The van der Waals surface area contributed by atoms with Crippen molar-refractivity contribution < 1.29 is 14.3 Å². The number of benzene rings is 2. The Morgan fingerprint density at radius 1 is 1.07 bits per heavy atom. The first-order valence-electron chi connectivity index (χ1n) is 10.1. The van der Waals surface area contributed by atoms with Crippen molar-refractivity contribution in [2.45, 2.75) is 26.0 Å². The molecule has 0 aromatic heterocycles. The molecular formula is C23H26ClN3O3. The third-order valence-corrected chi connectivity index (χ3v) is 5.92. The van der Waals surface area contributed by atoms with Crippen molar-refractivity contribution >= 4 is 29.1 Å². The lowest BCUT2D eigenvalue weighted by atomic mass is 10.0. The molecule has 2 aromatic rings. The molecule has 0 N–H and O–H groups in total. The summed E-state index contributed by atoms with van der Waals surface area (Å²) in [5.41, 5.74) is 1.15. The van der Waals surface area contributed by atoms with E-state index in [1.165, 1.54) is 0 Å². The molecule has 2 amide bonds. The molecule has 2 aliphatic heterocycles. The predicted molar refractivity (Wildman–Crippen MR) is 117 cm³/mol. The fourth-order valence-electron chi connectivity index (χ4n) is 3.82. The third-order valence-electron chi connectivity index (χ3n) is 5.67. The van der Waals surface area contributed by atoms with Gasteiger partial charge in [-0.25, -0.2) is 0 Å². The maximum absolute atomic E-state index is 13.2. The lowest BCUT2D eigenvalue weighted by Crippen LogP contribution is -2.52. The Bertz CT molecular complexity index is 966. The zero-order valence-corrected chi connectivity index (χ0v) is 18.3. The van der Waals surface area contributed by atoms with Crippen LogP contribution in [0.4, 0.5) is 5.69 Å². The molecule has 0 bridgehead atoms. The maximum atomic E-state index is 13.2. The Balaban J connectivity index is 1.66. The number of carbonyl (C=O) groups excluding carboxylic acids is 2. The lowest BCUT2D eigenvalue weighted by molar-refractivity contribution is -0.132. The Morgan fingerprint density at radius 2 is 1.73 bits per heavy atom. The van der Waals surface area contributed by atoms with E-state index in [4.69, 9.17) is 16.3 Å². The molecule has 7 heteroatoms. The van der Waals surface area contributed by atoms with E-state index in [1.807, 2.05) is 17.0 Å². The van der Waals surface area contributed by atoms with Gasteiger partial charge in [0.25, 0.3) is 11.8 Å². The normalized spacial score (nSPS) is 18.7. The summed E-state index contributed by atoms with van der Waals surface area (Å²) < 4.78 is 5.97. The molecule has 0 atom stereocenters. The first kappa shape index (κ1) is 20.7. The first-order chi connectivity index (χ1) is 14.2. The predicted octanol–water partition coefficient (Wildman–Crippen LogP) is 3.43. The van der Waals surface area contributed by atoms with Crippen LogP contribution in [0.3, 0.4) is 0 Å². The molecular weight excluding hydrogens is 402 g/mol. The second-order valence-electron chi connectivity index (χ2n) is 8.41. The lowest BCUT2D eigenvalue weighted by Gasteiger charge is -2.39. The van der Waals surface area contributed by atoms with Crippen LogP contribution in [-0.4, -0.2) is 60.4 Å². The first-order valence-corrected chi connectivity index (χ1v) is 10.5. The number of hydrogen-bond donors (Lipinski definition) is 0. The van der Waals surface area contributed by atoms with Gasteiger partial charge < -0.3 is 19.4 Å². The number of anilines is 1. The minimum atomic E-state index is -0.984. The highest BCUT2D eigenvalue weighted by atomic mass is 35.5. The number of likely N-dealkylation sites (N-methyl/N-ethyl adjacent to an activating group) is 1. The largest absolute Gasteiger partial charge is 0.476 e. The van der Waals surface area contributed by atoms with Gasteiger partial charge in [0, 0.05) is 36.8 Å². The number of fused-ring (bicyclic) bond motifs is 1.